The van der Waals surface area contributed by atoms with E-state index in [1.165, 1.54) is 0 Å². The van der Waals surface area contributed by atoms with Crippen molar-refractivity contribution in [3.05, 3.63) is 35.5 Å². The Morgan fingerprint density at radius 2 is 1.67 bits per heavy atom. The fourth-order valence-corrected chi connectivity index (χ4v) is 1.31. The van der Waals surface area contributed by atoms with Gasteiger partial charge in [-0.05, 0) is 12.1 Å². The summed E-state index contributed by atoms with van der Waals surface area (Å²) in [6.07, 6.45) is -4.60. The number of aromatic amines is 1. The first-order valence-corrected chi connectivity index (χ1v) is 3.93. The molecule has 0 aliphatic carbocycles. The topological polar surface area (TPSA) is 15.8 Å². The molecule has 0 aliphatic heterocycles. The largest absolute Gasteiger partial charge is 0.431 e. The lowest BCUT2D eigenvalue weighted by molar-refractivity contribution is -0.140. The van der Waals surface area contributed by atoms with E-state index in [-0.39, 0.29) is 10.9 Å². The third-order valence-corrected chi connectivity index (χ3v) is 1.96. The summed E-state index contributed by atoms with van der Waals surface area (Å²) in [6, 6.07) is 1.97. The molecule has 80 valence electrons. The van der Waals surface area contributed by atoms with Crippen LogP contribution in [0.5, 0.6) is 0 Å². The third-order valence-electron chi connectivity index (χ3n) is 1.96. The van der Waals surface area contributed by atoms with Crippen molar-refractivity contribution in [1.29, 1.82) is 0 Å². The number of rotatable bonds is 0. The molecule has 1 aromatic carbocycles. The van der Waals surface area contributed by atoms with E-state index < -0.39 is 23.5 Å². The van der Waals surface area contributed by atoms with Gasteiger partial charge in [0.05, 0.1) is 5.52 Å². The Hall–Kier alpha value is -1.59. The molecule has 0 unspecified atom stereocenters. The summed E-state index contributed by atoms with van der Waals surface area (Å²) in [5.41, 5.74) is -1.30. The Balaban J connectivity index is 2.71. The number of H-pyrrole nitrogens is 1. The van der Waals surface area contributed by atoms with Crippen molar-refractivity contribution >= 4 is 10.9 Å². The van der Waals surface area contributed by atoms with Gasteiger partial charge in [-0.25, -0.2) is 8.78 Å². The van der Waals surface area contributed by atoms with Gasteiger partial charge in [-0.3, -0.25) is 0 Å². The molecule has 1 nitrogen and oxygen atoms in total. The lowest BCUT2D eigenvalue weighted by Gasteiger charge is -2.00. The molecule has 1 aromatic heterocycles. The zero-order chi connectivity index (χ0) is 11.2. The number of nitrogens with one attached hydrogen (secondary N) is 1. The molecule has 1 N–H and O–H groups in total. The Labute approximate surface area is 80.5 Å². The minimum atomic E-state index is -4.60. The first-order valence-electron chi connectivity index (χ1n) is 3.93. The van der Waals surface area contributed by atoms with E-state index in [0.717, 1.165) is 6.07 Å². The van der Waals surface area contributed by atoms with E-state index in [4.69, 9.17) is 0 Å². The molecular weight excluding hydrogens is 217 g/mol. The number of benzene rings is 1. The Kier molecular flexibility index (Phi) is 1.95. The van der Waals surface area contributed by atoms with Crippen LogP contribution >= 0.6 is 0 Å². The molecule has 0 amide bonds. The molecule has 6 heteroatoms. The monoisotopic (exact) mass is 221 g/mol. The zero-order valence-corrected chi connectivity index (χ0v) is 7.12. The Morgan fingerprint density at radius 1 is 1.00 bits per heavy atom. The van der Waals surface area contributed by atoms with Crippen LogP contribution in [0, 0.1) is 11.6 Å². The minimum absolute atomic E-state index is 0.208. The summed E-state index contributed by atoms with van der Waals surface area (Å²) in [4.78, 5) is 1.91. The smallest absolute Gasteiger partial charge is 0.351 e. The molecule has 0 saturated carbocycles. The van der Waals surface area contributed by atoms with Crippen LogP contribution in [-0.4, -0.2) is 4.98 Å². The summed E-state index contributed by atoms with van der Waals surface area (Å²) in [6.45, 7) is 0. The minimum Gasteiger partial charge on any atom is -0.351 e. The molecule has 15 heavy (non-hydrogen) atoms. The van der Waals surface area contributed by atoms with Crippen LogP contribution in [0.1, 0.15) is 5.69 Å². The second kappa shape index (κ2) is 2.95. The first-order chi connectivity index (χ1) is 6.88. The summed E-state index contributed by atoms with van der Waals surface area (Å²) < 4.78 is 62.3. The van der Waals surface area contributed by atoms with Gasteiger partial charge in [0, 0.05) is 11.5 Å². The summed E-state index contributed by atoms with van der Waals surface area (Å²) >= 11 is 0. The number of aromatic nitrogens is 1. The van der Waals surface area contributed by atoms with Crippen molar-refractivity contribution in [2.45, 2.75) is 6.18 Å². The van der Waals surface area contributed by atoms with Gasteiger partial charge in [0.2, 0.25) is 0 Å². The second-order valence-electron chi connectivity index (χ2n) is 3.03. The highest BCUT2D eigenvalue weighted by Crippen LogP contribution is 2.32. The number of alkyl halides is 3. The molecule has 0 radical (unpaired) electrons. The summed E-state index contributed by atoms with van der Waals surface area (Å²) in [5, 5.41) is -0.274. The van der Waals surface area contributed by atoms with E-state index in [9.17, 15) is 22.0 Å². The van der Waals surface area contributed by atoms with Crippen molar-refractivity contribution in [1.82, 2.24) is 4.98 Å². The maximum Gasteiger partial charge on any atom is 0.431 e. The van der Waals surface area contributed by atoms with Crippen LogP contribution in [0.2, 0.25) is 0 Å². The van der Waals surface area contributed by atoms with Gasteiger partial charge in [-0.2, -0.15) is 13.2 Å². The van der Waals surface area contributed by atoms with E-state index in [0.29, 0.717) is 12.1 Å². The first kappa shape index (κ1) is 9.95. The van der Waals surface area contributed by atoms with E-state index in [2.05, 4.69) is 0 Å². The zero-order valence-electron chi connectivity index (χ0n) is 7.12. The molecule has 0 bridgehead atoms. The van der Waals surface area contributed by atoms with Gasteiger partial charge in [0.1, 0.15) is 17.3 Å². The Bertz CT molecular complexity index is 511. The predicted octanol–water partition coefficient (Wildman–Crippen LogP) is 3.46. The normalized spacial score (nSPS) is 12.3. The van der Waals surface area contributed by atoms with Gasteiger partial charge in [-0.15, -0.1) is 0 Å². The van der Waals surface area contributed by atoms with Gasteiger partial charge in [-0.1, -0.05) is 0 Å². The van der Waals surface area contributed by atoms with E-state index >= 15 is 0 Å². The molecule has 0 aliphatic rings. The van der Waals surface area contributed by atoms with Gasteiger partial charge < -0.3 is 4.98 Å². The number of hydrogen-bond acceptors (Lipinski definition) is 0. The van der Waals surface area contributed by atoms with Gasteiger partial charge >= 0.3 is 6.18 Å². The van der Waals surface area contributed by atoms with Gasteiger partial charge in [0.15, 0.2) is 0 Å². The number of halogens is 5. The average Bonchev–Trinajstić information content (AvgIpc) is 2.46. The van der Waals surface area contributed by atoms with Crippen molar-refractivity contribution in [2.24, 2.45) is 0 Å². The van der Waals surface area contributed by atoms with Crippen LogP contribution in [-0.2, 0) is 6.18 Å². The summed E-state index contributed by atoms with van der Waals surface area (Å²) in [7, 11) is 0. The number of fused-ring (bicyclic) bond motifs is 1. The van der Waals surface area contributed by atoms with Crippen LogP contribution in [0.15, 0.2) is 18.2 Å². The van der Waals surface area contributed by atoms with Crippen LogP contribution in [0.25, 0.3) is 10.9 Å². The van der Waals surface area contributed by atoms with Gasteiger partial charge in [0.25, 0.3) is 0 Å². The third kappa shape index (κ3) is 1.67. The van der Waals surface area contributed by atoms with Crippen LogP contribution in [0.4, 0.5) is 22.0 Å². The molecular formula is C9H4F5N. The van der Waals surface area contributed by atoms with Crippen molar-refractivity contribution in [2.75, 3.05) is 0 Å². The fraction of sp³-hybridized carbons (Fsp3) is 0.111. The highest BCUT2D eigenvalue weighted by atomic mass is 19.4. The van der Waals surface area contributed by atoms with Crippen molar-refractivity contribution < 1.29 is 22.0 Å². The molecule has 0 atom stereocenters. The van der Waals surface area contributed by atoms with Crippen molar-refractivity contribution in [3.8, 4) is 0 Å². The van der Waals surface area contributed by atoms with Crippen LogP contribution in [0.3, 0.4) is 0 Å². The van der Waals surface area contributed by atoms with Crippen LogP contribution < -0.4 is 0 Å². The Morgan fingerprint density at radius 3 is 2.27 bits per heavy atom. The SMILES string of the molecule is Fc1cc(F)c2cc(C(F)(F)F)[nH]c2c1. The van der Waals surface area contributed by atoms with E-state index in [1.54, 1.807) is 0 Å². The molecule has 0 saturated heterocycles. The highest BCUT2D eigenvalue weighted by molar-refractivity contribution is 5.81. The molecule has 2 rings (SSSR count). The maximum atomic E-state index is 13.0. The number of hydrogen-bond donors (Lipinski definition) is 1. The summed E-state index contributed by atoms with van der Waals surface area (Å²) in [5.74, 6) is -1.94. The standard InChI is InChI=1S/C9H4F5N/c10-4-1-6(11)5-3-8(9(12,13)14)15-7(5)2-4/h1-3,15H. The molecule has 0 fully saturated rings. The second-order valence-corrected chi connectivity index (χ2v) is 3.03. The lowest BCUT2D eigenvalue weighted by atomic mass is 10.2. The highest BCUT2D eigenvalue weighted by Gasteiger charge is 2.32. The van der Waals surface area contributed by atoms with Crippen molar-refractivity contribution in [3.63, 3.8) is 0 Å². The molecule has 2 aromatic rings. The fourth-order valence-electron chi connectivity index (χ4n) is 1.31. The lowest BCUT2D eigenvalue weighted by Crippen LogP contribution is -2.04. The average molecular weight is 221 g/mol. The maximum absolute atomic E-state index is 13.0. The quantitative estimate of drug-likeness (QED) is 0.655. The predicted molar refractivity (Wildman–Crippen MR) is 43.2 cm³/mol. The molecule has 1 heterocycles. The molecule has 0 spiro atoms. The van der Waals surface area contributed by atoms with E-state index in [1.807, 2.05) is 4.98 Å².